The van der Waals surface area contributed by atoms with E-state index < -0.39 is 9.05 Å². The number of hydrogen-bond acceptors (Lipinski definition) is 3. The van der Waals surface area contributed by atoms with Gasteiger partial charge in [0.2, 0.25) is 0 Å². The van der Waals surface area contributed by atoms with Gasteiger partial charge in [-0.1, -0.05) is 5.57 Å². The Morgan fingerprint density at radius 2 is 2.36 bits per heavy atom. The monoisotopic (exact) mass is 234 g/mol. The van der Waals surface area contributed by atoms with Gasteiger partial charge in [0.25, 0.3) is 9.05 Å². The van der Waals surface area contributed by atoms with E-state index >= 15 is 0 Å². The van der Waals surface area contributed by atoms with Crippen molar-refractivity contribution in [3.63, 3.8) is 0 Å². The van der Waals surface area contributed by atoms with Crippen LogP contribution in [0, 0.1) is 0 Å². The summed E-state index contributed by atoms with van der Waals surface area (Å²) in [5.41, 5.74) is 1.04. The normalized spacial score (nSPS) is 11.6. The molecule has 6 heteroatoms. The van der Waals surface area contributed by atoms with Crippen LogP contribution in [0.3, 0.4) is 0 Å². The van der Waals surface area contributed by atoms with E-state index in [9.17, 15) is 8.42 Å². The summed E-state index contributed by atoms with van der Waals surface area (Å²) in [6, 6.07) is 0. The average molecular weight is 235 g/mol. The van der Waals surface area contributed by atoms with Crippen LogP contribution in [0.2, 0.25) is 0 Å². The van der Waals surface area contributed by atoms with E-state index in [1.807, 2.05) is 6.92 Å². The van der Waals surface area contributed by atoms with Crippen molar-refractivity contribution in [2.75, 3.05) is 0 Å². The molecule has 0 saturated heterocycles. The summed E-state index contributed by atoms with van der Waals surface area (Å²) in [7, 11) is 1.41. The van der Waals surface area contributed by atoms with Crippen molar-refractivity contribution >= 4 is 19.7 Å². The summed E-state index contributed by atoms with van der Waals surface area (Å²) in [6.07, 6.45) is 3.64. The highest BCUT2D eigenvalue weighted by atomic mass is 35.7. The van der Waals surface area contributed by atoms with E-state index in [2.05, 4.69) is 11.6 Å². The fourth-order valence-corrected chi connectivity index (χ4v) is 1.58. The lowest BCUT2D eigenvalue weighted by Crippen LogP contribution is -1.95. The Morgan fingerprint density at radius 1 is 1.71 bits per heavy atom. The number of nitrogens with zero attached hydrogens (tertiary/aromatic N) is 2. The molecule has 1 aromatic rings. The fourth-order valence-electron chi connectivity index (χ4n) is 0.908. The molecular weight excluding hydrogens is 224 g/mol. The zero-order chi connectivity index (χ0) is 10.8. The molecule has 1 aromatic heterocycles. The third-order valence-corrected chi connectivity index (χ3v) is 2.84. The van der Waals surface area contributed by atoms with Gasteiger partial charge < -0.3 is 4.57 Å². The molecule has 0 spiro atoms. The average Bonchev–Trinajstić information content (AvgIpc) is 2.47. The first-order valence-corrected chi connectivity index (χ1v) is 6.31. The maximum atomic E-state index is 10.9. The lowest BCUT2D eigenvalue weighted by atomic mass is 10.2. The van der Waals surface area contributed by atoms with Crippen molar-refractivity contribution in [2.24, 2.45) is 0 Å². The minimum atomic E-state index is -3.70. The number of aryl methyl sites for hydroxylation is 1. The highest BCUT2D eigenvalue weighted by Gasteiger charge is 2.12. The van der Waals surface area contributed by atoms with Gasteiger partial charge in [-0.25, -0.2) is 13.4 Å². The predicted molar refractivity (Wildman–Crippen MR) is 54.7 cm³/mol. The molecule has 0 aliphatic carbocycles. The molecule has 0 atom stereocenters. The second-order valence-corrected chi connectivity index (χ2v) is 5.61. The van der Waals surface area contributed by atoms with Gasteiger partial charge in [0.05, 0.1) is 6.33 Å². The van der Waals surface area contributed by atoms with Gasteiger partial charge in [0.1, 0.15) is 0 Å². The van der Waals surface area contributed by atoms with E-state index in [0.717, 1.165) is 12.0 Å². The Kier molecular flexibility index (Phi) is 3.34. The molecule has 0 bridgehead atoms. The van der Waals surface area contributed by atoms with Crippen LogP contribution in [-0.4, -0.2) is 18.0 Å². The van der Waals surface area contributed by atoms with Crippen molar-refractivity contribution in [3.8, 4) is 0 Å². The third kappa shape index (κ3) is 3.16. The summed E-state index contributed by atoms with van der Waals surface area (Å²) >= 11 is 0. The molecule has 0 saturated carbocycles. The number of imidazole rings is 1. The molecule has 0 aromatic carbocycles. The van der Waals surface area contributed by atoms with E-state index in [0.29, 0.717) is 6.54 Å². The molecule has 78 valence electrons. The Labute approximate surface area is 87.6 Å². The first kappa shape index (κ1) is 11.3. The quantitative estimate of drug-likeness (QED) is 0.590. The summed E-state index contributed by atoms with van der Waals surface area (Å²) in [5, 5.41) is -0.110. The molecule has 0 radical (unpaired) electrons. The van der Waals surface area contributed by atoms with Crippen LogP contribution in [0.1, 0.15) is 13.3 Å². The van der Waals surface area contributed by atoms with Crippen LogP contribution < -0.4 is 0 Å². The zero-order valence-electron chi connectivity index (χ0n) is 7.77. The summed E-state index contributed by atoms with van der Waals surface area (Å²) < 4.78 is 23.4. The maximum Gasteiger partial charge on any atom is 0.280 e. The molecule has 0 amide bonds. The predicted octanol–water partition coefficient (Wildman–Crippen LogP) is 1.78. The Hall–Kier alpha value is -0.810. The van der Waals surface area contributed by atoms with Crippen molar-refractivity contribution in [1.29, 1.82) is 0 Å². The first-order valence-electron chi connectivity index (χ1n) is 4.00. The number of rotatable bonds is 4. The number of aromatic nitrogens is 2. The van der Waals surface area contributed by atoms with Gasteiger partial charge in [0.15, 0.2) is 5.03 Å². The number of allylic oxidation sites excluding steroid dienone is 1. The highest BCUT2D eigenvalue weighted by molar-refractivity contribution is 8.13. The number of halogens is 1. The van der Waals surface area contributed by atoms with Crippen LogP contribution in [0.15, 0.2) is 29.7 Å². The molecule has 0 unspecified atom stereocenters. The van der Waals surface area contributed by atoms with Gasteiger partial charge in [-0.05, 0) is 13.3 Å². The largest absolute Gasteiger partial charge is 0.336 e. The minimum absolute atomic E-state index is 0.110. The molecule has 0 fully saturated rings. The van der Waals surface area contributed by atoms with Gasteiger partial charge in [0, 0.05) is 23.4 Å². The van der Waals surface area contributed by atoms with Crippen molar-refractivity contribution < 1.29 is 8.42 Å². The molecule has 0 aliphatic heterocycles. The minimum Gasteiger partial charge on any atom is -0.336 e. The highest BCUT2D eigenvalue weighted by Crippen LogP contribution is 2.11. The zero-order valence-corrected chi connectivity index (χ0v) is 9.35. The molecular formula is C8H11ClN2O2S. The second kappa shape index (κ2) is 4.14. The third-order valence-electron chi connectivity index (χ3n) is 1.66. The number of hydrogen-bond donors (Lipinski definition) is 0. The lowest BCUT2D eigenvalue weighted by molar-refractivity contribution is 0.606. The molecule has 4 nitrogen and oxygen atoms in total. The van der Waals surface area contributed by atoms with Crippen LogP contribution >= 0.6 is 10.7 Å². The SMILES string of the molecule is C=C(C)CCn1cnc(S(=O)(=O)Cl)c1. The summed E-state index contributed by atoms with van der Waals surface area (Å²) in [5.74, 6) is 0. The van der Waals surface area contributed by atoms with Crippen molar-refractivity contribution in [3.05, 3.63) is 24.7 Å². The van der Waals surface area contributed by atoms with Crippen LogP contribution in [0.4, 0.5) is 0 Å². The lowest BCUT2D eigenvalue weighted by Gasteiger charge is -1.99. The van der Waals surface area contributed by atoms with E-state index in [4.69, 9.17) is 10.7 Å². The van der Waals surface area contributed by atoms with E-state index in [-0.39, 0.29) is 5.03 Å². The summed E-state index contributed by atoms with van der Waals surface area (Å²) in [4.78, 5) is 3.68. The van der Waals surface area contributed by atoms with Crippen molar-refractivity contribution in [1.82, 2.24) is 9.55 Å². The van der Waals surface area contributed by atoms with Crippen LogP contribution in [0.5, 0.6) is 0 Å². The maximum absolute atomic E-state index is 10.9. The molecule has 14 heavy (non-hydrogen) atoms. The Balaban J connectivity index is 2.74. The standard InChI is InChI=1S/C8H11ClN2O2S/c1-7(2)3-4-11-5-8(10-6-11)14(9,12)13/h5-6H,1,3-4H2,2H3. The van der Waals surface area contributed by atoms with Gasteiger partial charge >= 0.3 is 0 Å². The fraction of sp³-hybridized carbons (Fsp3) is 0.375. The second-order valence-electron chi connectivity index (χ2n) is 3.09. The van der Waals surface area contributed by atoms with Gasteiger partial charge in [-0.3, -0.25) is 0 Å². The topological polar surface area (TPSA) is 52.0 Å². The van der Waals surface area contributed by atoms with Gasteiger partial charge in [-0.2, -0.15) is 0 Å². The van der Waals surface area contributed by atoms with E-state index in [1.54, 1.807) is 4.57 Å². The first-order chi connectivity index (χ1) is 6.39. The van der Waals surface area contributed by atoms with Crippen LogP contribution in [-0.2, 0) is 15.6 Å². The Morgan fingerprint density at radius 3 is 2.79 bits per heavy atom. The van der Waals surface area contributed by atoms with E-state index in [1.165, 1.54) is 12.5 Å². The molecule has 0 N–H and O–H groups in total. The van der Waals surface area contributed by atoms with Crippen molar-refractivity contribution in [2.45, 2.75) is 24.9 Å². The summed E-state index contributed by atoms with van der Waals surface area (Å²) in [6.45, 7) is 6.32. The molecule has 0 aliphatic rings. The van der Waals surface area contributed by atoms with Crippen LogP contribution in [0.25, 0.3) is 0 Å². The van der Waals surface area contributed by atoms with Gasteiger partial charge in [-0.15, -0.1) is 6.58 Å². The molecule has 1 heterocycles. The Bertz CT molecular complexity index is 436. The molecule has 1 rings (SSSR count). The smallest absolute Gasteiger partial charge is 0.280 e.